The van der Waals surface area contributed by atoms with Gasteiger partial charge in [-0.2, -0.15) is 4.31 Å². The number of sulfonamides is 1. The predicted octanol–water partition coefficient (Wildman–Crippen LogP) is 3.84. The monoisotopic (exact) mass is 427 g/mol. The Morgan fingerprint density at radius 3 is 2.43 bits per heavy atom. The molecule has 0 saturated carbocycles. The minimum atomic E-state index is -3.46. The van der Waals surface area contributed by atoms with Gasteiger partial charge in [-0.15, -0.1) is 0 Å². The van der Waals surface area contributed by atoms with Crippen molar-refractivity contribution in [3.05, 3.63) is 65.9 Å². The molecule has 3 aromatic rings. The largest absolute Gasteiger partial charge is 0.361 e. The molecular formula is C23H29N3O3S. The van der Waals surface area contributed by atoms with Crippen LogP contribution in [0.25, 0.3) is 10.9 Å². The van der Waals surface area contributed by atoms with Gasteiger partial charge in [-0.3, -0.25) is 4.79 Å². The van der Waals surface area contributed by atoms with Gasteiger partial charge in [-0.25, -0.2) is 8.42 Å². The smallest absolute Gasteiger partial charge is 0.243 e. The Labute approximate surface area is 178 Å². The van der Waals surface area contributed by atoms with Crippen LogP contribution in [0.4, 0.5) is 0 Å². The van der Waals surface area contributed by atoms with E-state index in [2.05, 4.69) is 16.4 Å². The third kappa shape index (κ3) is 5.09. The average molecular weight is 428 g/mol. The first-order valence-corrected chi connectivity index (χ1v) is 11.8. The quantitative estimate of drug-likeness (QED) is 0.516. The highest BCUT2D eigenvalue weighted by atomic mass is 32.2. The van der Waals surface area contributed by atoms with Gasteiger partial charge in [-0.05, 0) is 42.2 Å². The molecule has 0 aliphatic heterocycles. The normalized spacial score (nSPS) is 11.8. The summed E-state index contributed by atoms with van der Waals surface area (Å²) in [5, 5.41) is 4.12. The highest BCUT2D eigenvalue weighted by Crippen LogP contribution is 2.19. The molecule has 1 amide bonds. The zero-order valence-electron chi connectivity index (χ0n) is 17.5. The summed E-state index contributed by atoms with van der Waals surface area (Å²) in [6, 6.07) is 14.9. The second-order valence-electron chi connectivity index (χ2n) is 7.22. The number of benzene rings is 2. The zero-order chi connectivity index (χ0) is 21.6. The molecule has 30 heavy (non-hydrogen) atoms. The Morgan fingerprint density at radius 2 is 1.73 bits per heavy atom. The zero-order valence-corrected chi connectivity index (χ0v) is 18.3. The van der Waals surface area contributed by atoms with E-state index < -0.39 is 10.0 Å². The van der Waals surface area contributed by atoms with Crippen molar-refractivity contribution in [2.75, 3.05) is 13.1 Å². The summed E-state index contributed by atoms with van der Waals surface area (Å²) in [5.74, 6) is -0.00493. The number of aryl methyl sites for hydroxylation is 1. The number of amides is 1. The number of rotatable bonds is 10. The molecule has 0 saturated heterocycles. The molecule has 0 radical (unpaired) electrons. The van der Waals surface area contributed by atoms with Gasteiger partial charge in [0.15, 0.2) is 0 Å². The topological polar surface area (TPSA) is 82.3 Å². The first-order chi connectivity index (χ1) is 14.5. The molecule has 0 aliphatic rings. The van der Waals surface area contributed by atoms with Crippen LogP contribution in [0.3, 0.4) is 0 Å². The number of nitrogens with one attached hydrogen (secondary N) is 2. The van der Waals surface area contributed by atoms with E-state index in [1.807, 2.05) is 38.2 Å². The highest BCUT2D eigenvalue weighted by Gasteiger charge is 2.21. The van der Waals surface area contributed by atoms with Gasteiger partial charge >= 0.3 is 0 Å². The van der Waals surface area contributed by atoms with Crippen LogP contribution >= 0.6 is 0 Å². The maximum absolute atomic E-state index is 12.5. The van der Waals surface area contributed by atoms with Crippen LogP contribution in [0.5, 0.6) is 0 Å². The molecule has 7 heteroatoms. The highest BCUT2D eigenvalue weighted by molar-refractivity contribution is 7.89. The van der Waals surface area contributed by atoms with Crippen molar-refractivity contribution in [3.8, 4) is 0 Å². The Kier molecular flexibility index (Phi) is 7.29. The summed E-state index contributed by atoms with van der Waals surface area (Å²) in [7, 11) is -3.46. The SMILES string of the molecule is CCN(CC)S(=O)(=O)c1ccc(CNC(=O)CCCc2c[nH]c3ccccc23)cc1. The number of aromatic amines is 1. The molecule has 0 aliphatic carbocycles. The third-order valence-corrected chi connectivity index (χ3v) is 7.35. The Morgan fingerprint density at radius 1 is 1.03 bits per heavy atom. The minimum Gasteiger partial charge on any atom is -0.361 e. The molecule has 0 fully saturated rings. The lowest BCUT2D eigenvalue weighted by Crippen LogP contribution is -2.30. The van der Waals surface area contributed by atoms with Gasteiger partial charge in [-0.1, -0.05) is 44.2 Å². The fraction of sp³-hybridized carbons (Fsp3) is 0.348. The number of carbonyl (C=O) groups excluding carboxylic acids is 1. The van der Waals surface area contributed by atoms with Gasteiger partial charge in [0.2, 0.25) is 15.9 Å². The molecule has 2 aromatic carbocycles. The molecule has 1 heterocycles. The molecule has 0 bridgehead atoms. The summed E-state index contributed by atoms with van der Waals surface area (Å²) in [6.45, 7) is 4.91. The van der Waals surface area contributed by atoms with Gasteiger partial charge in [0.25, 0.3) is 0 Å². The third-order valence-electron chi connectivity index (χ3n) is 5.28. The molecule has 160 valence electrons. The van der Waals surface area contributed by atoms with Crippen molar-refractivity contribution >= 4 is 26.8 Å². The standard InChI is InChI=1S/C23H29N3O3S/c1-3-26(4-2)30(28,29)20-14-12-18(13-15-20)16-25-23(27)11-7-8-19-17-24-22-10-6-5-9-21(19)22/h5-6,9-10,12-15,17,24H,3-4,7-8,11,16H2,1-2H3,(H,25,27). The number of para-hydroxylation sites is 1. The van der Waals surface area contributed by atoms with E-state index >= 15 is 0 Å². The van der Waals surface area contributed by atoms with Gasteiger partial charge in [0.05, 0.1) is 4.90 Å². The summed E-state index contributed by atoms with van der Waals surface area (Å²) >= 11 is 0. The van der Waals surface area contributed by atoms with E-state index in [0.717, 1.165) is 23.9 Å². The first kappa shape index (κ1) is 22.1. The Bertz CT molecular complexity index is 1080. The number of nitrogens with zero attached hydrogens (tertiary/aromatic N) is 1. The summed E-state index contributed by atoms with van der Waals surface area (Å²) in [6.07, 6.45) is 4.08. The molecule has 2 N–H and O–H groups in total. The lowest BCUT2D eigenvalue weighted by atomic mass is 10.1. The number of carbonyl (C=O) groups is 1. The van der Waals surface area contributed by atoms with Crippen LogP contribution in [0.2, 0.25) is 0 Å². The van der Waals surface area contributed by atoms with Crippen molar-refractivity contribution in [1.29, 1.82) is 0 Å². The number of fused-ring (bicyclic) bond motifs is 1. The lowest BCUT2D eigenvalue weighted by Gasteiger charge is -2.18. The summed E-state index contributed by atoms with van der Waals surface area (Å²) in [5.41, 5.74) is 3.21. The number of H-pyrrole nitrogens is 1. The molecule has 0 spiro atoms. The van der Waals surface area contributed by atoms with Crippen molar-refractivity contribution in [2.45, 2.75) is 44.6 Å². The second-order valence-corrected chi connectivity index (χ2v) is 9.16. The van der Waals surface area contributed by atoms with E-state index in [0.29, 0.717) is 26.1 Å². The molecule has 3 rings (SSSR count). The van der Waals surface area contributed by atoms with Gasteiger partial charge in [0.1, 0.15) is 0 Å². The van der Waals surface area contributed by atoms with E-state index in [1.165, 1.54) is 15.3 Å². The van der Waals surface area contributed by atoms with E-state index in [-0.39, 0.29) is 10.8 Å². The van der Waals surface area contributed by atoms with E-state index in [9.17, 15) is 13.2 Å². The lowest BCUT2D eigenvalue weighted by molar-refractivity contribution is -0.121. The van der Waals surface area contributed by atoms with Crippen LogP contribution < -0.4 is 5.32 Å². The molecular weight excluding hydrogens is 398 g/mol. The van der Waals surface area contributed by atoms with Crippen LogP contribution in [0.1, 0.15) is 37.8 Å². The van der Waals surface area contributed by atoms with E-state index in [4.69, 9.17) is 0 Å². The first-order valence-electron chi connectivity index (χ1n) is 10.4. The van der Waals surface area contributed by atoms with E-state index in [1.54, 1.807) is 24.3 Å². The molecule has 6 nitrogen and oxygen atoms in total. The molecule has 0 atom stereocenters. The minimum absolute atomic E-state index is 0.00493. The fourth-order valence-electron chi connectivity index (χ4n) is 3.56. The van der Waals surface area contributed by atoms with Crippen molar-refractivity contribution in [3.63, 3.8) is 0 Å². The molecule has 1 aromatic heterocycles. The number of hydrogen-bond donors (Lipinski definition) is 2. The fourth-order valence-corrected chi connectivity index (χ4v) is 5.02. The Hall–Kier alpha value is -2.64. The van der Waals surface area contributed by atoms with Crippen molar-refractivity contribution in [1.82, 2.24) is 14.6 Å². The van der Waals surface area contributed by atoms with Crippen LogP contribution in [0, 0.1) is 0 Å². The predicted molar refractivity (Wildman–Crippen MR) is 120 cm³/mol. The van der Waals surface area contributed by atoms with Crippen molar-refractivity contribution < 1.29 is 13.2 Å². The number of aromatic nitrogens is 1. The van der Waals surface area contributed by atoms with Gasteiger partial charge < -0.3 is 10.3 Å². The molecule has 0 unspecified atom stereocenters. The Balaban J connectivity index is 1.48. The van der Waals surface area contributed by atoms with Crippen LogP contribution in [-0.2, 0) is 27.8 Å². The van der Waals surface area contributed by atoms with Crippen LogP contribution in [-0.4, -0.2) is 36.7 Å². The second kappa shape index (κ2) is 9.91. The van der Waals surface area contributed by atoms with Gasteiger partial charge in [0, 0.05) is 43.2 Å². The number of hydrogen-bond acceptors (Lipinski definition) is 3. The maximum Gasteiger partial charge on any atom is 0.243 e. The summed E-state index contributed by atoms with van der Waals surface area (Å²) in [4.78, 5) is 15.7. The summed E-state index contributed by atoms with van der Waals surface area (Å²) < 4.78 is 26.5. The maximum atomic E-state index is 12.5. The van der Waals surface area contributed by atoms with Crippen molar-refractivity contribution in [2.24, 2.45) is 0 Å². The average Bonchev–Trinajstić information content (AvgIpc) is 3.16. The van der Waals surface area contributed by atoms with Crippen LogP contribution in [0.15, 0.2) is 59.6 Å².